The molecule has 0 unspecified atom stereocenters. The molecule has 2 heterocycles. The van der Waals surface area contributed by atoms with E-state index < -0.39 is 0 Å². The maximum atomic E-state index is 5.56. The largest absolute Gasteiger partial charge is 0.444 e. The van der Waals surface area contributed by atoms with Crippen LogP contribution < -0.4 is 5.32 Å². The minimum atomic E-state index is 0.527. The molecule has 21 heavy (non-hydrogen) atoms. The van der Waals surface area contributed by atoms with Gasteiger partial charge in [-0.15, -0.1) is 0 Å². The van der Waals surface area contributed by atoms with Gasteiger partial charge in [0.1, 0.15) is 5.76 Å². The number of rotatable bonds is 4. The zero-order chi connectivity index (χ0) is 15.4. The van der Waals surface area contributed by atoms with Gasteiger partial charge in [-0.25, -0.2) is 4.98 Å². The molecule has 0 aromatic carbocycles. The van der Waals surface area contributed by atoms with Crippen LogP contribution in [0.1, 0.15) is 23.0 Å². The Labute approximate surface area is 125 Å². The standard InChI is InChI=1S/C15H23N5O/c1-11-12(2)21-14(18-11)9-17-15(16-3)20(5)10-13-7-6-8-19(13)4/h6-8H,9-10H2,1-5H3,(H,16,17). The van der Waals surface area contributed by atoms with E-state index in [1.807, 2.05) is 40.2 Å². The molecule has 0 aliphatic rings. The molecule has 0 aliphatic heterocycles. The molecule has 0 spiro atoms. The predicted octanol–water partition coefficient (Wildman–Crippen LogP) is 1.84. The number of nitrogens with one attached hydrogen (secondary N) is 1. The Morgan fingerprint density at radius 2 is 2.24 bits per heavy atom. The number of aryl methyl sites for hydroxylation is 3. The second-order valence-electron chi connectivity index (χ2n) is 5.12. The van der Waals surface area contributed by atoms with Gasteiger partial charge in [0, 0.05) is 33.0 Å². The van der Waals surface area contributed by atoms with Crippen LogP contribution in [0.5, 0.6) is 0 Å². The zero-order valence-corrected chi connectivity index (χ0v) is 13.3. The first kappa shape index (κ1) is 15.2. The van der Waals surface area contributed by atoms with E-state index in [1.165, 1.54) is 5.69 Å². The molecule has 114 valence electrons. The van der Waals surface area contributed by atoms with Crippen molar-refractivity contribution in [2.75, 3.05) is 14.1 Å². The number of aromatic nitrogens is 2. The summed E-state index contributed by atoms with van der Waals surface area (Å²) in [5.41, 5.74) is 2.15. The fraction of sp³-hybridized carbons (Fsp3) is 0.467. The first-order chi connectivity index (χ1) is 10.0. The van der Waals surface area contributed by atoms with Gasteiger partial charge in [-0.3, -0.25) is 4.99 Å². The van der Waals surface area contributed by atoms with Crippen molar-refractivity contribution >= 4 is 5.96 Å². The van der Waals surface area contributed by atoms with Crippen LogP contribution in [0.25, 0.3) is 0 Å². The van der Waals surface area contributed by atoms with E-state index in [-0.39, 0.29) is 0 Å². The second-order valence-corrected chi connectivity index (χ2v) is 5.12. The Balaban J connectivity index is 1.95. The van der Waals surface area contributed by atoms with E-state index in [9.17, 15) is 0 Å². The van der Waals surface area contributed by atoms with E-state index >= 15 is 0 Å². The van der Waals surface area contributed by atoms with Crippen LogP contribution in [0.4, 0.5) is 0 Å². The Hall–Kier alpha value is -2.24. The average Bonchev–Trinajstić information content (AvgIpc) is 2.98. The molecular formula is C15H23N5O. The highest BCUT2D eigenvalue weighted by molar-refractivity contribution is 5.79. The van der Waals surface area contributed by atoms with Gasteiger partial charge < -0.3 is 19.2 Å². The summed E-state index contributed by atoms with van der Waals surface area (Å²) in [6.07, 6.45) is 2.04. The van der Waals surface area contributed by atoms with Crippen LogP contribution in [-0.4, -0.2) is 34.5 Å². The monoisotopic (exact) mass is 289 g/mol. The fourth-order valence-electron chi connectivity index (χ4n) is 2.13. The van der Waals surface area contributed by atoms with Crippen LogP contribution in [0.3, 0.4) is 0 Å². The normalized spacial score (nSPS) is 11.8. The summed E-state index contributed by atoms with van der Waals surface area (Å²) in [5, 5.41) is 3.27. The molecule has 0 atom stereocenters. The molecule has 0 fully saturated rings. The van der Waals surface area contributed by atoms with Crippen molar-refractivity contribution in [2.24, 2.45) is 12.0 Å². The highest BCUT2D eigenvalue weighted by Crippen LogP contribution is 2.08. The van der Waals surface area contributed by atoms with Gasteiger partial charge in [-0.2, -0.15) is 0 Å². The van der Waals surface area contributed by atoms with E-state index in [1.54, 1.807) is 7.05 Å². The number of nitrogens with zero attached hydrogens (tertiary/aromatic N) is 4. The van der Waals surface area contributed by atoms with Gasteiger partial charge in [0.15, 0.2) is 5.96 Å². The lowest BCUT2D eigenvalue weighted by Crippen LogP contribution is -2.38. The molecule has 0 aliphatic carbocycles. The summed E-state index contributed by atoms with van der Waals surface area (Å²) in [6, 6.07) is 4.14. The Bertz CT molecular complexity index is 606. The highest BCUT2D eigenvalue weighted by Gasteiger charge is 2.10. The third kappa shape index (κ3) is 3.65. The predicted molar refractivity (Wildman–Crippen MR) is 83.1 cm³/mol. The van der Waals surface area contributed by atoms with Crippen molar-refractivity contribution in [2.45, 2.75) is 26.9 Å². The number of hydrogen-bond acceptors (Lipinski definition) is 3. The van der Waals surface area contributed by atoms with Crippen molar-refractivity contribution in [3.8, 4) is 0 Å². The van der Waals surface area contributed by atoms with Gasteiger partial charge in [0.05, 0.1) is 18.8 Å². The zero-order valence-electron chi connectivity index (χ0n) is 13.3. The lowest BCUT2D eigenvalue weighted by atomic mass is 10.4. The quantitative estimate of drug-likeness (QED) is 0.689. The summed E-state index contributed by atoms with van der Waals surface area (Å²) in [7, 11) is 5.82. The van der Waals surface area contributed by atoms with E-state index in [2.05, 4.69) is 30.8 Å². The molecule has 0 amide bonds. The highest BCUT2D eigenvalue weighted by atomic mass is 16.4. The third-order valence-electron chi connectivity index (χ3n) is 3.49. The van der Waals surface area contributed by atoms with Crippen LogP contribution in [0.15, 0.2) is 27.7 Å². The SMILES string of the molecule is CN=C(NCc1nc(C)c(C)o1)N(C)Cc1cccn1C. The van der Waals surface area contributed by atoms with Crippen LogP contribution in [0, 0.1) is 13.8 Å². The van der Waals surface area contributed by atoms with E-state index in [4.69, 9.17) is 4.42 Å². The van der Waals surface area contributed by atoms with E-state index in [0.717, 1.165) is 24.0 Å². The molecule has 6 nitrogen and oxygen atoms in total. The number of oxazole rings is 1. The molecule has 0 radical (unpaired) electrons. The van der Waals surface area contributed by atoms with Crippen molar-refractivity contribution < 1.29 is 4.42 Å². The summed E-state index contributed by atoms with van der Waals surface area (Å²) in [4.78, 5) is 10.7. The van der Waals surface area contributed by atoms with Gasteiger partial charge in [0.25, 0.3) is 0 Å². The lowest BCUT2D eigenvalue weighted by Gasteiger charge is -2.21. The van der Waals surface area contributed by atoms with Crippen LogP contribution in [0.2, 0.25) is 0 Å². The lowest BCUT2D eigenvalue weighted by molar-refractivity contribution is 0.437. The minimum Gasteiger partial charge on any atom is -0.444 e. The number of aliphatic imine (C=N–C) groups is 1. The molecule has 0 saturated carbocycles. The van der Waals surface area contributed by atoms with Crippen molar-refractivity contribution in [3.63, 3.8) is 0 Å². The van der Waals surface area contributed by atoms with Gasteiger partial charge in [0.2, 0.25) is 5.89 Å². The van der Waals surface area contributed by atoms with Crippen LogP contribution in [-0.2, 0) is 20.1 Å². The summed E-state index contributed by atoms with van der Waals surface area (Å²) in [6.45, 7) is 5.17. The molecule has 6 heteroatoms. The summed E-state index contributed by atoms with van der Waals surface area (Å²) in [5.74, 6) is 2.35. The molecule has 2 aromatic rings. The summed E-state index contributed by atoms with van der Waals surface area (Å²) < 4.78 is 7.66. The maximum absolute atomic E-state index is 5.56. The first-order valence-corrected chi connectivity index (χ1v) is 6.96. The smallest absolute Gasteiger partial charge is 0.214 e. The van der Waals surface area contributed by atoms with Crippen molar-refractivity contribution in [3.05, 3.63) is 41.4 Å². The molecule has 2 aromatic heterocycles. The van der Waals surface area contributed by atoms with Gasteiger partial charge >= 0.3 is 0 Å². The number of guanidine groups is 1. The van der Waals surface area contributed by atoms with Crippen LogP contribution >= 0.6 is 0 Å². The Kier molecular flexibility index (Phi) is 4.67. The molecule has 1 N–H and O–H groups in total. The van der Waals surface area contributed by atoms with Gasteiger partial charge in [-0.1, -0.05) is 0 Å². The van der Waals surface area contributed by atoms with Crippen molar-refractivity contribution in [1.82, 2.24) is 19.8 Å². The Morgan fingerprint density at radius 3 is 2.76 bits per heavy atom. The molecule has 0 saturated heterocycles. The fourth-order valence-corrected chi connectivity index (χ4v) is 2.13. The third-order valence-corrected chi connectivity index (χ3v) is 3.49. The van der Waals surface area contributed by atoms with Gasteiger partial charge in [-0.05, 0) is 26.0 Å². The first-order valence-electron chi connectivity index (χ1n) is 6.96. The number of hydrogen-bond donors (Lipinski definition) is 1. The molecule has 0 bridgehead atoms. The van der Waals surface area contributed by atoms with Crippen molar-refractivity contribution in [1.29, 1.82) is 0 Å². The second kappa shape index (κ2) is 6.47. The maximum Gasteiger partial charge on any atom is 0.214 e. The average molecular weight is 289 g/mol. The molecular weight excluding hydrogens is 266 g/mol. The summed E-state index contributed by atoms with van der Waals surface area (Å²) >= 11 is 0. The van der Waals surface area contributed by atoms with E-state index in [0.29, 0.717) is 12.4 Å². The minimum absolute atomic E-state index is 0.527. The topological polar surface area (TPSA) is 58.6 Å². The molecule has 2 rings (SSSR count). The Morgan fingerprint density at radius 1 is 1.48 bits per heavy atom.